The maximum atomic E-state index is 11.9. The average Bonchev–Trinajstić information content (AvgIpc) is 3.15. The summed E-state index contributed by atoms with van der Waals surface area (Å²) < 4.78 is 6.71. The van der Waals surface area contributed by atoms with Crippen LogP contribution in [0.1, 0.15) is 74.1 Å². The molecule has 1 aliphatic rings. The zero-order valence-electron chi connectivity index (χ0n) is 13.1. The Labute approximate surface area is 126 Å². The summed E-state index contributed by atoms with van der Waals surface area (Å²) in [6, 6.07) is 0.171. The molecule has 0 saturated carbocycles. The Hall–Kier alpha value is -1.43. The lowest BCUT2D eigenvalue weighted by Gasteiger charge is -2.13. The van der Waals surface area contributed by atoms with E-state index >= 15 is 0 Å². The number of nitrogens with zero attached hydrogens (tertiary/aromatic N) is 3. The van der Waals surface area contributed by atoms with E-state index < -0.39 is 5.97 Å². The number of methoxy groups -OCH3 is 1. The number of aryl methyl sites for hydroxylation is 1. The number of rotatable bonds is 8. The van der Waals surface area contributed by atoms with Gasteiger partial charge >= 0.3 is 5.97 Å². The summed E-state index contributed by atoms with van der Waals surface area (Å²) in [4.78, 5) is 11.9. The van der Waals surface area contributed by atoms with Crippen molar-refractivity contribution < 1.29 is 9.53 Å². The van der Waals surface area contributed by atoms with Crippen molar-refractivity contribution in [3.63, 3.8) is 0 Å². The summed E-state index contributed by atoms with van der Waals surface area (Å²) in [5, 5.41) is 11.6. The van der Waals surface area contributed by atoms with Gasteiger partial charge in [0.05, 0.1) is 18.8 Å². The normalized spacial score (nSPS) is 18.1. The molecule has 0 radical (unpaired) electrons. The van der Waals surface area contributed by atoms with E-state index in [-0.39, 0.29) is 6.04 Å². The van der Waals surface area contributed by atoms with E-state index in [4.69, 9.17) is 4.74 Å². The second-order valence-electron chi connectivity index (χ2n) is 5.60. The fourth-order valence-corrected chi connectivity index (χ4v) is 2.86. The topological polar surface area (TPSA) is 69.0 Å². The predicted octanol–water partition coefficient (Wildman–Crippen LogP) is 2.46. The summed E-state index contributed by atoms with van der Waals surface area (Å²) in [7, 11) is 1.39. The van der Waals surface area contributed by atoms with Gasteiger partial charge in [-0.15, -0.1) is 5.10 Å². The number of carbonyl (C=O) groups excluding carboxylic acids is 1. The number of aromatic nitrogens is 3. The molecule has 6 heteroatoms. The standard InChI is InChI=1S/C15H26N4O2/c1-3-4-5-6-7-11-19-14(12-9-8-10-16-12)13(17-18-19)15(20)21-2/h12,16H,3-11H2,1-2H3. The van der Waals surface area contributed by atoms with Crippen LogP contribution in [0.2, 0.25) is 0 Å². The van der Waals surface area contributed by atoms with Gasteiger partial charge in [0, 0.05) is 6.54 Å². The predicted molar refractivity (Wildman–Crippen MR) is 80.1 cm³/mol. The van der Waals surface area contributed by atoms with Crippen LogP contribution in [-0.4, -0.2) is 34.6 Å². The summed E-state index contributed by atoms with van der Waals surface area (Å²) in [5.41, 5.74) is 1.26. The Bertz CT molecular complexity index is 453. The fourth-order valence-electron chi connectivity index (χ4n) is 2.86. The molecule has 1 aromatic heterocycles. The van der Waals surface area contributed by atoms with E-state index in [1.165, 1.54) is 32.8 Å². The van der Waals surface area contributed by atoms with Gasteiger partial charge in [-0.3, -0.25) is 0 Å². The molecule has 1 saturated heterocycles. The second kappa shape index (κ2) is 8.12. The molecule has 0 bridgehead atoms. The van der Waals surface area contributed by atoms with Crippen molar-refractivity contribution in [1.29, 1.82) is 0 Å². The SMILES string of the molecule is CCCCCCCn1nnc(C(=O)OC)c1C1CCCN1. The van der Waals surface area contributed by atoms with Crippen molar-refractivity contribution in [2.75, 3.05) is 13.7 Å². The molecule has 0 amide bonds. The van der Waals surface area contributed by atoms with Gasteiger partial charge in [0.1, 0.15) is 0 Å². The molecule has 2 rings (SSSR count). The first-order valence-corrected chi connectivity index (χ1v) is 8.03. The molecule has 1 aliphatic heterocycles. The van der Waals surface area contributed by atoms with Gasteiger partial charge in [0.2, 0.25) is 0 Å². The van der Waals surface area contributed by atoms with Gasteiger partial charge < -0.3 is 10.1 Å². The van der Waals surface area contributed by atoms with Gasteiger partial charge in [-0.2, -0.15) is 0 Å². The van der Waals surface area contributed by atoms with Crippen molar-refractivity contribution in [3.05, 3.63) is 11.4 Å². The number of carbonyl (C=O) groups is 1. The molecule has 6 nitrogen and oxygen atoms in total. The minimum Gasteiger partial charge on any atom is -0.464 e. The number of unbranched alkanes of at least 4 members (excludes halogenated alkanes) is 4. The summed E-state index contributed by atoms with van der Waals surface area (Å²) in [6.07, 6.45) is 8.18. The lowest BCUT2D eigenvalue weighted by molar-refractivity contribution is 0.0591. The lowest BCUT2D eigenvalue weighted by Crippen LogP contribution is -2.21. The van der Waals surface area contributed by atoms with E-state index in [0.29, 0.717) is 5.69 Å². The Kier molecular flexibility index (Phi) is 6.17. The van der Waals surface area contributed by atoms with Gasteiger partial charge in [0.25, 0.3) is 0 Å². The Balaban J connectivity index is 2.05. The van der Waals surface area contributed by atoms with Crippen LogP contribution in [-0.2, 0) is 11.3 Å². The zero-order valence-corrected chi connectivity index (χ0v) is 13.1. The van der Waals surface area contributed by atoms with Crippen LogP contribution in [0.4, 0.5) is 0 Å². The minimum absolute atomic E-state index is 0.171. The second-order valence-corrected chi connectivity index (χ2v) is 5.60. The van der Waals surface area contributed by atoms with Gasteiger partial charge in [0.15, 0.2) is 5.69 Å². The number of esters is 1. The maximum absolute atomic E-state index is 11.9. The zero-order chi connectivity index (χ0) is 15.1. The molecule has 1 fully saturated rings. The highest BCUT2D eigenvalue weighted by molar-refractivity contribution is 5.88. The van der Waals surface area contributed by atoms with Crippen LogP contribution in [0.15, 0.2) is 0 Å². The molecular weight excluding hydrogens is 268 g/mol. The molecule has 1 N–H and O–H groups in total. The van der Waals surface area contributed by atoms with Gasteiger partial charge in [-0.25, -0.2) is 9.48 Å². The fraction of sp³-hybridized carbons (Fsp3) is 0.800. The summed E-state index contributed by atoms with van der Waals surface area (Å²) >= 11 is 0. The summed E-state index contributed by atoms with van der Waals surface area (Å²) in [6.45, 7) is 4.01. The van der Waals surface area contributed by atoms with E-state index in [1.807, 2.05) is 4.68 Å². The van der Waals surface area contributed by atoms with E-state index in [9.17, 15) is 4.79 Å². The molecule has 21 heavy (non-hydrogen) atoms. The first-order valence-electron chi connectivity index (χ1n) is 8.03. The molecule has 1 aromatic rings. The Morgan fingerprint density at radius 2 is 2.19 bits per heavy atom. The molecule has 0 aromatic carbocycles. The smallest absolute Gasteiger partial charge is 0.360 e. The van der Waals surface area contributed by atoms with Crippen molar-refractivity contribution >= 4 is 5.97 Å². The van der Waals surface area contributed by atoms with Crippen molar-refractivity contribution in [2.24, 2.45) is 0 Å². The maximum Gasteiger partial charge on any atom is 0.360 e. The van der Waals surface area contributed by atoms with Crippen molar-refractivity contribution in [2.45, 2.75) is 64.5 Å². The van der Waals surface area contributed by atoms with Gasteiger partial charge in [-0.05, 0) is 25.8 Å². The van der Waals surface area contributed by atoms with Crippen LogP contribution < -0.4 is 5.32 Å². The Morgan fingerprint density at radius 3 is 2.86 bits per heavy atom. The van der Waals surface area contributed by atoms with Crippen LogP contribution >= 0.6 is 0 Å². The molecule has 0 aliphatic carbocycles. The van der Waals surface area contributed by atoms with Gasteiger partial charge in [-0.1, -0.05) is 37.8 Å². The first kappa shape index (κ1) is 15.9. The highest BCUT2D eigenvalue weighted by atomic mass is 16.5. The van der Waals surface area contributed by atoms with Crippen LogP contribution in [0.5, 0.6) is 0 Å². The molecule has 118 valence electrons. The van der Waals surface area contributed by atoms with Crippen molar-refractivity contribution in [3.8, 4) is 0 Å². The number of nitrogens with one attached hydrogen (secondary N) is 1. The van der Waals surface area contributed by atoms with E-state index in [0.717, 1.165) is 38.0 Å². The summed E-state index contributed by atoms with van der Waals surface area (Å²) in [5.74, 6) is -0.393. The van der Waals surface area contributed by atoms with Crippen LogP contribution in [0.3, 0.4) is 0 Å². The van der Waals surface area contributed by atoms with Crippen LogP contribution in [0, 0.1) is 0 Å². The minimum atomic E-state index is -0.393. The molecule has 1 atom stereocenters. The molecule has 2 heterocycles. The van der Waals surface area contributed by atoms with Crippen molar-refractivity contribution in [1.82, 2.24) is 20.3 Å². The number of hydrogen-bond donors (Lipinski definition) is 1. The first-order chi connectivity index (χ1) is 10.3. The monoisotopic (exact) mass is 294 g/mol. The van der Waals surface area contributed by atoms with E-state index in [2.05, 4.69) is 22.6 Å². The third-order valence-electron chi connectivity index (χ3n) is 4.02. The van der Waals surface area contributed by atoms with E-state index in [1.54, 1.807) is 0 Å². The van der Waals surface area contributed by atoms with Crippen LogP contribution in [0.25, 0.3) is 0 Å². The quantitative estimate of drug-likeness (QED) is 0.589. The number of hydrogen-bond acceptors (Lipinski definition) is 5. The Morgan fingerprint density at radius 1 is 1.38 bits per heavy atom. The molecule has 0 spiro atoms. The highest BCUT2D eigenvalue weighted by Gasteiger charge is 2.28. The molecule has 1 unspecified atom stereocenters. The lowest BCUT2D eigenvalue weighted by atomic mass is 10.1. The number of ether oxygens (including phenoxy) is 1. The third-order valence-corrected chi connectivity index (χ3v) is 4.02. The largest absolute Gasteiger partial charge is 0.464 e. The molecular formula is C15H26N4O2. The average molecular weight is 294 g/mol. The highest BCUT2D eigenvalue weighted by Crippen LogP contribution is 2.25. The third kappa shape index (κ3) is 4.03.